The van der Waals surface area contributed by atoms with E-state index < -0.39 is 0 Å². The first-order chi connectivity index (χ1) is 12.2. The van der Waals surface area contributed by atoms with Crippen LogP contribution in [0.2, 0.25) is 0 Å². The Bertz CT molecular complexity index is 712. The number of amides is 1. The van der Waals surface area contributed by atoms with Gasteiger partial charge in [-0.2, -0.15) is 0 Å². The van der Waals surface area contributed by atoms with Gasteiger partial charge < -0.3 is 10.4 Å². The summed E-state index contributed by atoms with van der Waals surface area (Å²) < 4.78 is 0. The van der Waals surface area contributed by atoms with Gasteiger partial charge in [-0.3, -0.25) is 9.69 Å². The van der Waals surface area contributed by atoms with E-state index in [0.717, 1.165) is 37.1 Å². The molecule has 3 rings (SSSR count). The van der Waals surface area contributed by atoms with Crippen molar-refractivity contribution in [3.05, 3.63) is 70.8 Å². The zero-order valence-corrected chi connectivity index (χ0v) is 14.7. The Kier molecular flexibility index (Phi) is 5.84. The molecule has 0 spiro atoms. The molecule has 0 aliphatic carbocycles. The third-order valence-electron chi connectivity index (χ3n) is 5.01. The summed E-state index contributed by atoms with van der Waals surface area (Å²) >= 11 is 0. The summed E-state index contributed by atoms with van der Waals surface area (Å²) in [7, 11) is 0. The first kappa shape index (κ1) is 17.6. The van der Waals surface area contributed by atoms with Gasteiger partial charge in [-0.25, -0.2) is 0 Å². The largest absolute Gasteiger partial charge is 0.392 e. The second kappa shape index (κ2) is 8.28. The van der Waals surface area contributed by atoms with Crippen molar-refractivity contribution in [3.8, 4) is 0 Å². The Morgan fingerprint density at radius 3 is 2.52 bits per heavy atom. The minimum Gasteiger partial charge on any atom is -0.392 e. The molecular formula is C21H26N2O2. The van der Waals surface area contributed by atoms with E-state index in [1.807, 2.05) is 31.2 Å². The van der Waals surface area contributed by atoms with E-state index >= 15 is 0 Å². The number of carbonyl (C=O) groups excluding carboxylic acids is 1. The first-order valence-electron chi connectivity index (χ1n) is 8.94. The number of nitrogens with zero attached hydrogens (tertiary/aromatic N) is 1. The van der Waals surface area contributed by atoms with Crippen LogP contribution >= 0.6 is 0 Å². The highest BCUT2D eigenvalue weighted by atomic mass is 16.3. The summed E-state index contributed by atoms with van der Waals surface area (Å²) in [6.45, 7) is 4.44. The minimum absolute atomic E-state index is 0.0630. The van der Waals surface area contributed by atoms with Crippen LogP contribution in [0, 0.1) is 0 Å². The molecule has 1 amide bonds. The summed E-state index contributed by atoms with van der Waals surface area (Å²) in [6.07, 6.45) is 1.80. The summed E-state index contributed by atoms with van der Waals surface area (Å²) in [6, 6.07) is 16.2. The summed E-state index contributed by atoms with van der Waals surface area (Å²) in [5.41, 5.74) is 4.80. The Morgan fingerprint density at radius 2 is 1.80 bits per heavy atom. The molecular weight excluding hydrogens is 312 g/mol. The molecule has 4 nitrogen and oxygen atoms in total. The average Bonchev–Trinajstić information content (AvgIpc) is 2.67. The predicted octanol–water partition coefficient (Wildman–Crippen LogP) is 2.28. The average molecular weight is 338 g/mol. The summed E-state index contributed by atoms with van der Waals surface area (Å²) in [5.74, 6) is 0.0892. The quantitative estimate of drug-likeness (QED) is 0.850. The topological polar surface area (TPSA) is 52.6 Å². The van der Waals surface area contributed by atoms with Crippen molar-refractivity contribution in [2.24, 2.45) is 0 Å². The Hall–Kier alpha value is -2.17. The van der Waals surface area contributed by atoms with E-state index in [-0.39, 0.29) is 18.6 Å². The van der Waals surface area contributed by atoms with Crippen LogP contribution in [0.25, 0.3) is 0 Å². The van der Waals surface area contributed by atoms with Gasteiger partial charge in [0.2, 0.25) is 5.91 Å². The Labute approximate surface area is 149 Å². The molecule has 0 aromatic heterocycles. The molecule has 2 N–H and O–H groups in total. The second-order valence-corrected chi connectivity index (χ2v) is 6.68. The van der Waals surface area contributed by atoms with Crippen LogP contribution in [0.4, 0.5) is 0 Å². The molecule has 1 atom stereocenters. The fraction of sp³-hybridized carbons (Fsp3) is 0.381. The van der Waals surface area contributed by atoms with E-state index in [4.69, 9.17) is 5.11 Å². The van der Waals surface area contributed by atoms with Crippen LogP contribution in [0.15, 0.2) is 48.5 Å². The number of rotatable bonds is 6. The van der Waals surface area contributed by atoms with E-state index in [1.165, 1.54) is 11.1 Å². The lowest BCUT2D eigenvalue weighted by atomic mass is 9.99. The molecule has 0 saturated carbocycles. The molecule has 0 bridgehead atoms. The number of aliphatic hydroxyl groups excluding tert-OH is 1. The monoisotopic (exact) mass is 338 g/mol. The fourth-order valence-corrected chi connectivity index (χ4v) is 3.30. The standard InChI is InChI=1S/C21H26N2O2/c1-16(23-13-11-19-4-2-3-5-20(19)14-23)21(25)22-12-10-17-6-8-18(15-24)9-7-17/h2-9,16,24H,10-15H2,1H3,(H,22,25). The zero-order chi connectivity index (χ0) is 17.6. The summed E-state index contributed by atoms with van der Waals surface area (Å²) in [4.78, 5) is 14.7. The Morgan fingerprint density at radius 1 is 1.12 bits per heavy atom. The van der Waals surface area contributed by atoms with Crippen molar-refractivity contribution in [1.29, 1.82) is 0 Å². The molecule has 2 aromatic carbocycles. The van der Waals surface area contributed by atoms with E-state index in [2.05, 4.69) is 34.5 Å². The molecule has 132 valence electrons. The predicted molar refractivity (Wildman–Crippen MR) is 99.1 cm³/mol. The van der Waals surface area contributed by atoms with Gasteiger partial charge in [0.25, 0.3) is 0 Å². The van der Waals surface area contributed by atoms with Crippen LogP contribution in [0.5, 0.6) is 0 Å². The van der Waals surface area contributed by atoms with Crippen LogP contribution in [0.1, 0.15) is 29.2 Å². The van der Waals surface area contributed by atoms with Crippen LogP contribution < -0.4 is 5.32 Å². The smallest absolute Gasteiger partial charge is 0.237 e. The van der Waals surface area contributed by atoms with Crippen molar-refractivity contribution >= 4 is 5.91 Å². The minimum atomic E-state index is -0.120. The van der Waals surface area contributed by atoms with Gasteiger partial charge >= 0.3 is 0 Å². The highest BCUT2D eigenvalue weighted by Gasteiger charge is 2.24. The third-order valence-corrected chi connectivity index (χ3v) is 5.01. The molecule has 1 unspecified atom stereocenters. The van der Waals surface area contributed by atoms with Crippen LogP contribution in [-0.4, -0.2) is 35.0 Å². The maximum Gasteiger partial charge on any atom is 0.237 e. The van der Waals surface area contributed by atoms with Crippen molar-refractivity contribution in [3.63, 3.8) is 0 Å². The highest BCUT2D eigenvalue weighted by Crippen LogP contribution is 2.20. The molecule has 4 heteroatoms. The molecule has 1 aliphatic heterocycles. The zero-order valence-electron chi connectivity index (χ0n) is 14.7. The number of nitrogens with one attached hydrogen (secondary N) is 1. The highest BCUT2D eigenvalue weighted by molar-refractivity contribution is 5.81. The SMILES string of the molecule is CC(C(=O)NCCc1ccc(CO)cc1)N1CCc2ccccc2C1. The van der Waals surface area contributed by atoms with Crippen molar-refractivity contribution in [2.75, 3.05) is 13.1 Å². The third kappa shape index (κ3) is 4.47. The number of fused-ring (bicyclic) bond motifs is 1. The van der Waals surface area contributed by atoms with Gasteiger partial charge in [-0.05, 0) is 42.0 Å². The van der Waals surface area contributed by atoms with E-state index in [1.54, 1.807) is 0 Å². The molecule has 25 heavy (non-hydrogen) atoms. The molecule has 0 radical (unpaired) electrons. The summed E-state index contributed by atoms with van der Waals surface area (Å²) in [5, 5.41) is 12.1. The van der Waals surface area contributed by atoms with Crippen molar-refractivity contribution in [1.82, 2.24) is 10.2 Å². The number of aliphatic hydroxyl groups is 1. The second-order valence-electron chi connectivity index (χ2n) is 6.68. The maximum atomic E-state index is 12.5. The van der Waals surface area contributed by atoms with Crippen molar-refractivity contribution in [2.45, 2.75) is 39.0 Å². The number of hydrogen-bond donors (Lipinski definition) is 2. The van der Waals surface area contributed by atoms with Gasteiger partial charge in [0, 0.05) is 19.6 Å². The van der Waals surface area contributed by atoms with Crippen LogP contribution in [0.3, 0.4) is 0 Å². The normalized spacial score (nSPS) is 15.4. The van der Waals surface area contributed by atoms with Gasteiger partial charge in [-0.1, -0.05) is 48.5 Å². The number of carbonyl (C=O) groups is 1. The lowest BCUT2D eigenvalue weighted by molar-refractivity contribution is -0.126. The molecule has 2 aromatic rings. The number of benzene rings is 2. The molecule has 1 aliphatic rings. The van der Waals surface area contributed by atoms with Gasteiger partial charge in [0.1, 0.15) is 0 Å². The van der Waals surface area contributed by atoms with Gasteiger partial charge in [0.15, 0.2) is 0 Å². The lowest BCUT2D eigenvalue weighted by Gasteiger charge is -2.32. The lowest BCUT2D eigenvalue weighted by Crippen LogP contribution is -2.47. The first-order valence-corrected chi connectivity index (χ1v) is 8.94. The molecule has 0 saturated heterocycles. The van der Waals surface area contributed by atoms with Crippen LogP contribution in [-0.2, 0) is 30.8 Å². The number of hydrogen-bond acceptors (Lipinski definition) is 3. The molecule has 0 fully saturated rings. The van der Waals surface area contributed by atoms with Crippen molar-refractivity contribution < 1.29 is 9.90 Å². The maximum absolute atomic E-state index is 12.5. The molecule has 1 heterocycles. The van der Waals surface area contributed by atoms with E-state index in [0.29, 0.717) is 6.54 Å². The van der Waals surface area contributed by atoms with Gasteiger partial charge in [0.05, 0.1) is 12.6 Å². The van der Waals surface area contributed by atoms with Gasteiger partial charge in [-0.15, -0.1) is 0 Å². The van der Waals surface area contributed by atoms with E-state index in [9.17, 15) is 4.79 Å². The fourth-order valence-electron chi connectivity index (χ4n) is 3.30. The Balaban J connectivity index is 1.48.